The summed E-state index contributed by atoms with van der Waals surface area (Å²) in [5, 5.41) is 4.34. The van der Waals surface area contributed by atoms with Crippen molar-refractivity contribution in [2.45, 2.75) is 51.5 Å². The van der Waals surface area contributed by atoms with E-state index >= 15 is 0 Å². The van der Waals surface area contributed by atoms with Crippen molar-refractivity contribution in [3.05, 3.63) is 52.2 Å². The normalized spacial score (nSPS) is 18.2. The molecule has 0 radical (unpaired) electrons. The highest BCUT2D eigenvalue weighted by Crippen LogP contribution is 2.32. The molecule has 1 atom stereocenters. The Morgan fingerprint density at radius 2 is 2.10 bits per heavy atom. The molecule has 9 heteroatoms. The van der Waals surface area contributed by atoms with Crippen molar-refractivity contribution >= 4 is 5.69 Å². The van der Waals surface area contributed by atoms with Crippen LogP contribution in [0.15, 0.2) is 35.4 Å². The topological polar surface area (TPSA) is 54.3 Å². The van der Waals surface area contributed by atoms with Gasteiger partial charge >= 0.3 is 6.18 Å². The Kier molecular flexibility index (Phi) is 6.26. The molecule has 1 saturated heterocycles. The van der Waals surface area contributed by atoms with Crippen molar-refractivity contribution in [2.75, 3.05) is 25.0 Å². The van der Waals surface area contributed by atoms with Crippen LogP contribution in [0.4, 0.5) is 18.9 Å². The summed E-state index contributed by atoms with van der Waals surface area (Å²) in [6, 6.07) is 3.97. The second-order valence-electron chi connectivity index (χ2n) is 7.73. The summed E-state index contributed by atoms with van der Waals surface area (Å²) in [6.07, 6.45) is 0.149. The first-order valence-corrected chi connectivity index (χ1v) is 9.72. The van der Waals surface area contributed by atoms with Gasteiger partial charge in [-0.05, 0) is 45.4 Å². The fraction of sp³-hybridized carbons (Fsp3) is 0.550. The van der Waals surface area contributed by atoms with Gasteiger partial charge in [0.05, 0.1) is 29.2 Å². The first-order valence-electron chi connectivity index (χ1n) is 9.72. The first kappa shape index (κ1) is 21.3. The molecular formula is C20H26F3N5O. The van der Waals surface area contributed by atoms with Crippen LogP contribution >= 0.6 is 0 Å². The zero-order valence-electron chi connectivity index (χ0n) is 16.9. The summed E-state index contributed by atoms with van der Waals surface area (Å²) in [5.74, 6) is 0. The zero-order valence-corrected chi connectivity index (χ0v) is 16.9. The van der Waals surface area contributed by atoms with Gasteiger partial charge < -0.3 is 4.90 Å². The van der Waals surface area contributed by atoms with E-state index in [-0.39, 0.29) is 29.9 Å². The third kappa shape index (κ3) is 4.95. The number of piperidine rings is 1. The maximum absolute atomic E-state index is 13.2. The number of alkyl halides is 3. The number of halogens is 3. The van der Waals surface area contributed by atoms with Crippen molar-refractivity contribution in [3.63, 3.8) is 0 Å². The Morgan fingerprint density at radius 1 is 1.34 bits per heavy atom. The molecule has 0 amide bonds. The number of nitrogens with zero attached hydrogens (tertiary/aromatic N) is 5. The van der Waals surface area contributed by atoms with Crippen LogP contribution in [0.1, 0.15) is 44.0 Å². The Labute approximate surface area is 168 Å². The molecule has 2 aromatic rings. The Bertz CT molecular complexity index is 896. The third-order valence-electron chi connectivity index (χ3n) is 5.39. The number of aromatic nitrogens is 3. The molecule has 0 aliphatic carbocycles. The van der Waals surface area contributed by atoms with Crippen LogP contribution in [0, 0.1) is 0 Å². The van der Waals surface area contributed by atoms with Crippen LogP contribution in [0.25, 0.3) is 0 Å². The predicted octanol–water partition coefficient (Wildman–Crippen LogP) is 3.34. The number of rotatable bonds is 5. The van der Waals surface area contributed by atoms with E-state index in [1.807, 2.05) is 30.7 Å². The number of likely N-dealkylation sites (tertiary alicyclic amines) is 1. The van der Waals surface area contributed by atoms with Crippen molar-refractivity contribution in [3.8, 4) is 0 Å². The summed E-state index contributed by atoms with van der Waals surface area (Å²) < 4.78 is 41.2. The monoisotopic (exact) mass is 409 g/mol. The van der Waals surface area contributed by atoms with Gasteiger partial charge in [-0.15, -0.1) is 0 Å². The van der Waals surface area contributed by atoms with Crippen LogP contribution in [0.2, 0.25) is 0 Å². The maximum Gasteiger partial charge on any atom is 0.418 e. The van der Waals surface area contributed by atoms with Crippen LogP contribution in [0.5, 0.6) is 0 Å². The molecule has 29 heavy (non-hydrogen) atoms. The zero-order chi connectivity index (χ0) is 21.2. The Hall–Kier alpha value is -2.42. The van der Waals surface area contributed by atoms with Crippen molar-refractivity contribution in [1.29, 1.82) is 0 Å². The van der Waals surface area contributed by atoms with Gasteiger partial charge in [0.1, 0.15) is 0 Å². The molecule has 0 saturated carbocycles. The maximum atomic E-state index is 13.2. The molecular weight excluding hydrogens is 383 g/mol. The fourth-order valence-electron chi connectivity index (χ4n) is 3.58. The minimum atomic E-state index is -4.43. The van der Waals surface area contributed by atoms with Gasteiger partial charge in [0.25, 0.3) is 5.56 Å². The minimum absolute atomic E-state index is 0.00913. The van der Waals surface area contributed by atoms with E-state index in [4.69, 9.17) is 0 Å². The molecule has 1 unspecified atom stereocenters. The molecule has 0 N–H and O–H groups in total. The summed E-state index contributed by atoms with van der Waals surface area (Å²) in [5.41, 5.74) is -0.152. The van der Waals surface area contributed by atoms with Crippen LogP contribution < -0.4 is 10.5 Å². The van der Waals surface area contributed by atoms with Gasteiger partial charge in [-0.1, -0.05) is 0 Å². The summed E-state index contributed by atoms with van der Waals surface area (Å²) in [4.78, 5) is 20.4. The lowest BCUT2D eigenvalue weighted by Crippen LogP contribution is -2.41. The predicted molar refractivity (Wildman–Crippen MR) is 105 cm³/mol. The van der Waals surface area contributed by atoms with Crippen LogP contribution in [0.3, 0.4) is 0 Å². The molecule has 0 aromatic carbocycles. The van der Waals surface area contributed by atoms with Crippen LogP contribution in [-0.4, -0.2) is 45.8 Å². The minimum Gasteiger partial charge on any atom is -0.371 e. The fourth-order valence-corrected chi connectivity index (χ4v) is 3.58. The lowest BCUT2D eigenvalue weighted by Gasteiger charge is -2.33. The van der Waals surface area contributed by atoms with Gasteiger partial charge in [0, 0.05) is 38.4 Å². The third-order valence-corrected chi connectivity index (χ3v) is 5.39. The molecule has 3 rings (SSSR count). The highest BCUT2D eigenvalue weighted by Gasteiger charge is 2.34. The number of hydrogen-bond acceptors (Lipinski definition) is 5. The lowest BCUT2D eigenvalue weighted by molar-refractivity contribution is -0.138. The summed E-state index contributed by atoms with van der Waals surface area (Å²) in [7, 11) is 1.90. The molecule has 0 bridgehead atoms. The quantitative estimate of drug-likeness (QED) is 0.758. The van der Waals surface area contributed by atoms with Gasteiger partial charge in [-0.2, -0.15) is 18.3 Å². The Morgan fingerprint density at radius 3 is 2.76 bits per heavy atom. The molecule has 1 aliphatic rings. The van der Waals surface area contributed by atoms with E-state index in [2.05, 4.69) is 10.1 Å². The smallest absolute Gasteiger partial charge is 0.371 e. The molecule has 0 spiro atoms. The van der Waals surface area contributed by atoms with Gasteiger partial charge in [-0.3, -0.25) is 14.7 Å². The van der Waals surface area contributed by atoms with Gasteiger partial charge in [-0.25, -0.2) is 4.68 Å². The average molecular weight is 409 g/mol. The second-order valence-corrected chi connectivity index (χ2v) is 7.73. The number of pyridine rings is 1. The van der Waals surface area contributed by atoms with Gasteiger partial charge in [0.15, 0.2) is 0 Å². The number of hydrogen-bond donors (Lipinski definition) is 0. The highest BCUT2D eigenvalue weighted by atomic mass is 19.4. The van der Waals surface area contributed by atoms with E-state index in [1.54, 1.807) is 12.3 Å². The van der Waals surface area contributed by atoms with E-state index in [0.29, 0.717) is 13.1 Å². The lowest BCUT2D eigenvalue weighted by atomic mass is 10.0. The van der Waals surface area contributed by atoms with E-state index in [1.165, 1.54) is 16.9 Å². The Balaban J connectivity index is 1.76. The first-order chi connectivity index (χ1) is 13.7. The van der Waals surface area contributed by atoms with Crippen molar-refractivity contribution < 1.29 is 13.2 Å². The highest BCUT2D eigenvalue weighted by molar-refractivity contribution is 5.42. The molecule has 2 aromatic heterocycles. The largest absolute Gasteiger partial charge is 0.418 e. The molecule has 6 nitrogen and oxygen atoms in total. The van der Waals surface area contributed by atoms with Crippen molar-refractivity contribution in [1.82, 2.24) is 19.7 Å². The van der Waals surface area contributed by atoms with Gasteiger partial charge in [0.2, 0.25) is 0 Å². The van der Waals surface area contributed by atoms with E-state index in [0.717, 1.165) is 24.6 Å². The average Bonchev–Trinajstić information content (AvgIpc) is 2.67. The second kappa shape index (κ2) is 8.52. The SMILES string of the molecule is CC(C)N(C)c1cnn(C2CCCN(Cc3ncccc3C(F)(F)F)C2)c(=O)c1. The molecule has 1 fully saturated rings. The molecule has 158 valence electrons. The summed E-state index contributed by atoms with van der Waals surface area (Å²) >= 11 is 0. The number of anilines is 1. The van der Waals surface area contributed by atoms with E-state index < -0.39 is 11.7 Å². The standard InChI is InChI=1S/C20H26F3N5O/c1-14(2)26(3)16-10-19(29)28(25-11-16)15-6-5-9-27(12-15)13-18-17(20(21,22)23)7-4-8-24-18/h4,7-8,10-11,14-15H,5-6,9,12-13H2,1-3H3. The molecule has 1 aliphatic heterocycles. The van der Waals surface area contributed by atoms with Crippen molar-refractivity contribution in [2.24, 2.45) is 0 Å². The summed E-state index contributed by atoms with van der Waals surface area (Å²) in [6.45, 7) is 5.26. The van der Waals surface area contributed by atoms with Crippen LogP contribution in [-0.2, 0) is 12.7 Å². The molecule has 3 heterocycles. The van der Waals surface area contributed by atoms with E-state index in [9.17, 15) is 18.0 Å².